The normalized spacial score (nSPS) is 12.5. The van der Waals surface area contributed by atoms with Crippen LogP contribution in [0.25, 0.3) is 66.1 Å². The van der Waals surface area contributed by atoms with Crippen molar-refractivity contribution in [3.63, 3.8) is 0 Å². The van der Waals surface area contributed by atoms with Crippen LogP contribution in [0, 0.1) is 10.8 Å². The minimum atomic E-state index is 0.228. The summed E-state index contributed by atoms with van der Waals surface area (Å²) < 4.78 is 0. The Bertz CT molecular complexity index is 2680. The second kappa shape index (κ2) is 14.6. The summed E-state index contributed by atoms with van der Waals surface area (Å²) in [6.07, 6.45) is 7.43. The van der Waals surface area contributed by atoms with E-state index < -0.39 is 0 Å². The van der Waals surface area contributed by atoms with Gasteiger partial charge >= 0.3 is 0 Å². The average Bonchev–Trinajstić information content (AvgIpc) is 3.22. The zero-order valence-electron chi connectivity index (χ0n) is 29.0. The summed E-state index contributed by atoms with van der Waals surface area (Å²) in [6.45, 7) is 0. The van der Waals surface area contributed by atoms with Crippen molar-refractivity contribution in [2.75, 3.05) is 5.73 Å². The molecule has 0 aliphatic heterocycles. The molecule has 1 aliphatic rings. The third kappa shape index (κ3) is 7.21. The van der Waals surface area contributed by atoms with Crippen LogP contribution in [-0.4, -0.2) is 16.4 Å². The Morgan fingerprint density at radius 1 is 0.377 bits per heavy atom. The first-order chi connectivity index (χ1) is 26.0. The Hall–Kier alpha value is -7.17. The van der Waals surface area contributed by atoms with Gasteiger partial charge in [-0.05, 0) is 132 Å². The Morgan fingerprint density at radius 2 is 0.792 bits per heavy atom. The van der Waals surface area contributed by atoms with Gasteiger partial charge in [0.05, 0.1) is 11.4 Å². The van der Waals surface area contributed by atoms with Crippen LogP contribution in [0.15, 0.2) is 194 Å². The van der Waals surface area contributed by atoms with Crippen molar-refractivity contribution < 1.29 is 0 Å². The summed E-state index contributed by atoms with van der Waals surface area (Å²) in [5.41, 5.74) is 17.7. The van der Waals surface area contributed by atoms with Gasteiger partial charge in [-0.2, -0.15) is 0 Å². The molecule has 1 aliphatic carbocycles. The molecule has 0 saturated heterocycles. The van der Waals surface area contributed by atoms with E-state index in [1.54, 1.807) is 18.5 Å². The number of hydrogen-bond acceptors (Lipinski definition) is 4. The second-order valence-electron chi connectivity index (χ2n) is 13.1. The number of hydrogen-bond donors (Lipinski definition) is 3. The van der Waals surface area contributed by atoms with Crippen molar-refractivity contribution in [2.45, 2.75) is 0 Å². The lowest BCUT2D eigenvalue weighted by Crippen LogP contribution is -2.15. The molecule has 0 fully saturated rings. The monoisotopic (exact) mass is 680 g/mol. The van der Waals surface area contributed by atoms with Gasteiger partial charge in [-0.3, -0.25) is 15.8 Å². The summed E-state index contributed by atoms with van der Waals surface area (Å²) in [4.78, 5) is 3.96. The third-order valence-electron chi connectivity index (χ3n) is 9.60. The molecule has 0 bridgehead atoms. The molecule has 8 aromatic rings. The summed E-state index contributed by atoms with van der Waals surface area (Å²) in [5.74, 6) is 0. The van der Waals surface area contributed by atoms with Crippen LogP contribution in [0.2, 0.25) is 0 Å². The Kier molecular flexibility index (Phi) is 9.08. The van der Waals surface area contributed by atoms with Crippen molar-refractivity contribution in [1.29, 1.82) is 10.8 Å². The van der Waals surface area contributed by atoms with E-state index in [0.717, 1.165) is 55.2 Å². The molecule has 4 N–H and O–H groups in total. The molecule has 1 aromatic heterocycles. The molecule has 53 heavy (non-hydrogen) atoms. The maximum Gasteiger partial charge on any atom is 0.0867 e. The van der Waals surface area contributed by atoms with Crippen LogP contribution in [0.5, 0.6) is 0 Å². The minimum Gasteiger partial charge on any atom is -0.399 e. The zero-order valence-corrected chi connectivity index (χ0v) is 29.0. The fourth-order valence-corrected chi connectivity index (χ4v) is 6.72. The molecule has 4 heteroatoms. The molecule has 0 unspecified atom stereocenters. The third-order valence-corrected chi connectivity index (χ3v) is 9.60. The highest BCUT2D eigenvalue weighted by atomic mass is 14.6. The second-order valence-corrected chi connectivity index (χ2v) is 13.1. The maximum absolute atomic E-state index is 8.70. The molecule has 0 amide bonds. The van der Waals surface area contributed by atoms with E-state index in [9.17, 15) is 0 Å². The number of anilines is 1. The van der Waals surface area contributed by atoms with E-state index in [-0.39, 0.29) is 11.4 Å². The molecule has 252 valence electrons. The van der Waals surface area contributed by atoms with E-state index in [2.05, 4.69) is 132 Å². The highest BCUT2D eigenvalue weighted by molar-refractivity contribution is 6.61. The van der Waals surface area contributed by atoms with Crippen molar-refractivity contribution >= 4 is 49.8 Å². The number of nitrogens with zero attached hydrogens (tertiary/aromatic N) is 1. The van der Waals surface area contributed by atoms with Crippen LogP contribution in [-0.2, 0) is 0 Å². The van der Waals surface area contributed by atoms with Crippen LogP contribution in [0.1, 0.15) is 11.1 Å². The van der Waals surface area contributed by atoms with Gasteiger partial charge in [-0.15, -0.1) is 0 Å². The predicted octanol–water partition coefficient (Wildman–Crippen LogP) is 12.2. The summed E-state index contributed by atoms with van der Waals surface area (Å²) in [5, 5.41) is 21.9. The summed E-state index contributed by atoms with van der Waals surface area (Å²) in [6, 6.07) is 58.4. The highest BCUT2D eigenvalue weighted by Crippen LogP contribution is 2.33. The van der Waals surface area contributed by atoms with Crippen LogP contribution < -0.4 is 5.73 Å². The molecule has 7 aromatic carbocycles. The largest absolute Gasteiger partial charge is 0.399 e. The Morgan fingerprint density at radius 3 is 1.34 bits per heavy atom. The van der Waals surface area contributed by atoms with Gasteiger partial charge in [0.15, 0.2) is 0 Å². The molecule has 9 rings (SSSR count). The van der Waals surface area contributed by atoms with Crippen LogP contribution >= 0.6 is 0 Å². The lowest BCUT2D eigenvalue weighted by molar-refractivity contribution is 1.33. The fourth-order valence-electron chi connectivity index (χ4n) is 6.72. The van der Waals surface area contributed by atoms with Gasteiger partial charge in [0, 0.05) is 23.7 Å². The van der Waals surface area contributed by atoms with Gasteiger partial charge in [0.25, 0.3) is 0 Å². The number of nitrogens with two attached hydrogens (primary N) is 1. The van der Waals surface area contributed by atoms with Crippen molar-refractivity contribution in [3.8, 4) is 33.4 Å². The average molecular weight is 681 g/mol. The van der Waals surface area contributed by atoms with Gasteiger partial charge < -0.3 is 5.73 Å². The molecule has 0 radical (unpaired) electrons. The molecule has 0 saturated carbocycles. The summed E-state index contributed by atoms with van der Waals surface area (Å²) in [7, 11) is 0. The first-order valence-corrected chi connectivity index (χ1v) is 17.5. The number of benzene rings is 7. The predicted molar refractivity (Wildman–Crippen MR) is 224 cm³/mol. The number of nitrogen functional groups attached to an aromatic ring is 1. The van der Waals surface area contributed by atoms with Gasteiger partial charge in [0.1, 0.15) is 0 Å². The zero-order chi connectivity index (χ0) is 36.1. The topological polar surface area (TPSA) is 86.6 Å². The highest BCUT2D eigenvalue weighted by Gasteiger charge is 2.19. The van der Waals surface area contributed by atoms with Gasteiger partial charge in [0.2, 0.25) is 0 Å². The van der Waals surface area contributed by atoms with E-state index in [1.165, 1.54) is 27.6 Å². The SMILES string of the molecule is N=C1C=C(c2ccc3cc(-c4ccccc4)ccc3c2)C=C(c2ccc3cc(-c4ccccc4)ccc3c2)C1=N.Nc1ccc(-c2ccncc2)cc1. The molecule has 0 spiro atoms. The van der Waals surface area contributed by atoms with E-state index in [4.69, 9.17) is 16.6 Å². The summed E-state index contributed by atoms with van der Waals surface area (Å²) >= 11 is 0. The standard InChI is InChI=1S/C38H26N2.C11H10N2/c39-37-24-35(33-16-15-29-19-27(11-13-30(29)21-33)25-7-3-1-4-8-25)23-36(38(37)40)34-18-17-31-20-28(12-14-32(31)22-34)26-9-5-2-6-10-26;12-11-3-1-9(2-4-11)10-5-7-13-8-6-10/h1-24,39-40H;1-8H,12H2. The van der Waals surface area contributed by atoms with Crippen molar-refractivity contribution in [2.24, 2.45) is 0 Å². The first kappa shape index (κ1) is 33.0. The molecule has 0 atom stereocenters. The van der Waals surface area contributed by atoms with Gasteiger partial charge in [-0.25, -0.2) is 0 Å². The van der Waals surface area contributed by atoms with Gasteiger partial charge in [-0.1, -0.05) is 121 Å². The number of allylic oxidation sites excluding steroid dienone is 4. The number of rotatable bonds is 5. The van der Waals surface area contributed by atoms with E-state index >= 15 is 0 Å². The quantitative estimate of drug-likeness (QED) is 0.125. The Labute approximate surface area is 309 Å². The minimum absolute atomic E-state index is 0.228. The Balaban J connectivity index is 0.000000259. The van der Waals surface area contributed by atoms with Crippen LogP contribution in [0.3, 0.4) is 0 Å². The van der Waals surface area contributed by atoms with E-state index in [0.29, 0.717) is 0 Å². The van der Waals surface area contributed by atoms with Crippen LogP contribution in [0.4, 0.5) is 5.69 Å². The lowest BCUT2D eigenvalue weighted by Gasteiger charge is -2.18. The number of aromatic nitrogens is 1. The number of pyridine rings is 1. The first-order valence-electron chi connectivity index (χ1n) is 17.5. The van der Waals surface area contributed by atoms with Crippen molar-refractivity contribution in [3.05, 3.63) is 206 Å². The molecular formula is C49H36N4. The number of nitrogens with one attached hydrogen (secondary N) is 2. The molecule has 4 nitrogen and oxygen atoms in total. The van der Waals surface area contributed by atoms with Crippen molar-refractivity contribution in [1.82, 2.24) is 4.98 Å². The molecule has 1 heterocycles. The maximum atomic E-state index is 8.70. The smallest absolute Gasteiger partial charge is 0.0867 e. The lowest BCUT2D eigenvalue weighted by atomic mass is 9.87. The fraction of sp³-hybridized carbons (Fsp3) is 0. The number of fused-ring (bicyclic) bond motifs is 2. The molecular weight excluding hydrogens is 645 g/mol. The van der Waals surface area contributed by atoms with E-state index in [1.807, 2.05) is 48.5 Å².